The first kappa shape index (κ1) is 63.4. The van der Waals surface area contributed by atoms with Crippen molar-refractivity contribution in [1.29, 1.82) is 0 Å². The van der Waals surface area contributed by atoms with Crippen molar-refractivity contribution >= 4 is 17.9 Å². The molecule has 0 aromatic rings. The van der Waals surface area contributed by atoms with Crippen LogP contribution in [0, 0.1) is 0 Å². The van der Waals surface area contributed by atoms with Crippen molar-refractivity contribution in [2.24, 2.45) is 0 Å². The fourth-order valence-electron chi connectivity index (χ4n) is 9.15. The molecule has 0 N–H and O–H groups in total. The summed E-state index contributed by atoms with van der Waals surface area (Å²) in [6.07, 6.45) is 60.9. The van der Waals surface area contributed by atoms with Gasteiger partial charge in [-0.2, -0.15) is 0 Å². The van der Waals surface area contributed by atoms with Crippen molar-refractivity contribution in [2.75, 3.05) is 13.2 Å². The van der Waals surface area contributed by atoms with Crippen molar-refractivity contribution < 1.29 is 28.6 Å². The average Bonchev–Trinajstić information content (AvgIpc) is 3.30. The highest BCUT2D eigenvalue weighted by Gasteiger charge is 2.19. The lowest BCUT2D eigenvalue weighted by atomic mass is 10.0. The summed E-state index contributed by atoms with van der Waals surface area (Å²) >= 11 is 0. The zero-order valence-corrected chi connectivity index (χ0v) is 44.3. The summed E-state index contributed by atoms with van der Waals surface area (Å²) in [5.74, 6) is -0.830. The third kappa shape index (κ3) is 53.2. The number of ether oxygens (including phenoxy) is 3. The van der Waals surface area contributed by atoms with Crippen molar-refractivity contribution in [3.8, 4) is 0 Å². The smallest absolute Gasteiger partial charge is 0.306 e. The van der Waals surface area contributed by atoms with E-state index in [1.54, 1.807) is 0 Å². The number of esters is 3. The Balaban J connectivity index is 4.29. The van der Waals surface area contributed by atoms with Gasteiger partial charge in [0.15, 0.2) is 6.10 Å². The van der Waals surface area contributed by atoms with Gasteiger partial charge in [-0.1, -0.05) is 303 Å². The number of carbonyl (C=O) groups excluding carboxylic acids is 3. The lowest BCUT2D eigenvalue weighted by molar-refractivity contribution is -0.167. The van der Waals surface area contributed by atoms with Gasteiger partial charge in [0.05, 0.1) is 0 Å². The van der Waals surface area contributed by atoms with Gasteiger partial charge in [0.25, 0.3) is 0 Å². The first-order valence-electron chi connectivity index (χ1n) is 29.5. The Morgan fingerprint density at radius 1 is 0.246 bits per heavy atom. The first-order valence-corrected chi connectivity index (χ1v) is 29.5. The molecule has 6 nitrogen and oxygen atoms in total. The van der Waals surface area contributed by atoms with E-state index in [9.17, 15) is 14.4 Å². The highest BCUT2D eigenvalue weighted by Crippen LogP contribution is 2.18. The molecular weight excluding hydrogens is 805 g/mol. The third-order valence-electron chi connectivity index (χ3n) is 13.6. The Kier molecular flexibility index (Phi) is 53.7. The second-order valence-electron chi connectivity index (χ2n) is 20.3. The number of rotatable bonds is 55. The van der Waals surface area contributed by atoms with E-state index in [4.69, 9.17) is 14.2 Å². The summed E-state index contributed by atoms with van der Waals surface area (Å²) in [5, 5.41) is 0. The Morgan fingerprint density at radius 2 is 0.415 bits per heavy atom. The Bertz CT molecular complexity index is 967. The maximum absolute atomic E-state index is 12.8. The number of hydrogen-bond acceptors (Lipinski definition) is 6. The lowest BCUT2D eigenvalue weighted by Gasteiger charge is -2.18. The van der Waals surface area contributed by atoms with Gasteiger partial charge in [0.2, 0.25) is 0 Å². The Hall–Kier alpha value is -1.59. The van der Waals surface area contributed by atoms with Gasteiger partial charge < -0.3 is 14.2 Å². The van der Waals surface area contributed by atoms with E-state index < -0.39 is 6.10 Å². The van der Waals surface area contributed by atoms with Gasteiger partial charge in [-0.05, 0) is 19.3 Å². The summed E-state index contributed by atoms with van der Waals surface area (Å²) < 4.78 is 16.9. The molecule has 65 heavy (non-hydrogen) atoms. The monoisotopic (exact) mass is 919 g/mol. The summed E-state index contributed by atoms with van der Waals surface area (Å²) in [4.78, 5) is 38.2. The Labute approximate surface area is 406 Å². The van der Waals surface area contributed by atoms with Gasteiger partial charge in [0, 0.05) is 19.3 Å². The minimum atomic E-state index is -0.761. The van der Waals surface area contributed by atoms with E-state index in [2.05, 4.69) is 20.8 Å². The Morgan fingerprint density at radius 3 is 0.615 bits per heavy atom. The molecule has 386 valence electrons. The highest BCUT2D eigenvalue weighted by molar-refractivity contribution is 5.71. The molecule has 0 aromatic heterocycles. The van der Waals surface area contributed by atoms with Crippen molar-refractivity contribution in [3.05, 3.63) is 0 Å². The maximum Gasteiger partial charge on any atom is 0.306 e. The van der Waals surface area contributed by atoms with Crippen molar-refractivity contribution in [1.82, 2.24) is 0 Å². The zero-order valence-electron chi connectivity index (χ0n) is 44.3. The van der Waals surface area contributed by atoms with E-state index in [0.717, 1.165) is 57.8 Å². The summed E-state index contributed by atoms with van der Waals surface area (Å²) in [7, 11) is 0. The van der Waals surface area contributed by atoms with Crippen molar-refractivity contribution in [2.45, 2.75) is 348 Å². The first-order chi connectivity index (χ1) is 32.0. The molecule has 0 spiro atoms. The molecule has 6 heteroatoms. The number of carbonyl (C=O) groups is 3. The van der Waals surface area contributed by atoms with Crippen LogP contribution in [-0.2, 0) is 28.6 Å². The molecule has 0 rings (SSSR count). The van der Waals surface area contributed by atoms with Crippen LogP contribution in [0.3, 0.4) is 0 Å². The predicted molar refractivity (Wildman–Crippen MR) is 280 cm³/mol. The molecule has 0 saturated heterocycles. The van der Waals surface area contributed by atoms with Gasteiger partial charge >= 0.3 is 17.9 Å². The number of hydrogen-bond donors (Lipinski definition) is 0. The van der Waals surface area contributed by atoms with E-state index in [1.807, 2.05) is 0 Å². The van der Waals surface area contributed by atoms with Crippen LogP contribution in [-0.4, -0.2) is 37.2 Å². The van der Waals surface area contributed by atoms with Gasteiger partial charge in [0.1, 0.15) is 13.2 Å². The van der Waals surface area contributed by atoms with E-state index in [1.165, 1.54) is 244 Å². The lowest BCUT2D eigenvalue weighted by Crippen LogP contribution is -2.30. The summed E-state index contributed by atoms with van der Waals surface area (Å²) in [6.45, 7) is 6.71. The topological polar surface area (TPSA) is 78.9 Å². The SMILES string of the molecule is CCCCCCCCCCCCCCCCCCCC(=O)OC[C@@H](COC(=O)CCCCCCCCCCCCCCCCC)OC(=O)CCCCCCCCCCCCCCCCC. The quantitative estimate of drug-likeness (QED) is 0.0344. The molecule has 0 aliphatic rings. The molecular formula is C59H114O6. The second-order valence-corrected chi connectivity index (χ2v) is 20.3. The fraction of sp³-hybridized carbons (Fsp3) is 0.949. The van der Waals surface area contributed by atoms with E-state index in [0.29, 0.717) is 19.3 Å². The molecule has 0 aliphatic carbocycles. The summed E-state index contributed by atoms with van der Waals surface area (Å²) in [6, 6.07) is 0. The maximum atomic E-state index is 12.8. The molecule has 0 unspecified atom stereocenters. The molecule has 0 fully saturated rings. The number of unbranched alkanes of at least 4 members (excludes halogenated alkanes) is 44. The van der Waals surface area contributed by atoms with E-state index >= 15 is 0 Å². The van der Waals surface area contributed by atoms with Crippen LogP contribution in [0.2, 0.25) is 0 Å². The molecule has 0 radical (unpaired) electrons. The molecule has 1 atom stereocenters. The normalized spacial score (nSPS) is 11.9. The van der Waals surface area contributed by atoms with Crippen LogP contribution in [0.4, 0.5) is 0 Å². The molecule has 0 aliphatic heterocycles. The van der Waals surface area contributed by atoms with Crippen LogP contribution in [0.15, 0.2) is 0 Å². The molecule has 0 saturated carbocycles. The molecule has 0 amide bonds. The van der Waals surface area contributed by atoms with Gasteiger partial charge in [-0.3, -0.25) is 14.4 Å². The zero-order chi connectivity index (χ0) is 47.2. The van der Waals surface area contributed by atoms with Crippen molar-refractivity contribution in [3.63, 3.8) is 0 Å². The van der Waals surface area contributed by atoms with Gasteiger partial charge in [-0.15, -0.1) is 0 Å². The highest BCUT2D eigenvalue weighted by atomic mass is 16.6. The largest absolute Gasteiger partial charge is 0.462 e. The summed E-state index contributed by atoms with van der Waals surface area (Å²) in [5.41, 5.74) is 0. The minimum Gasteiger partial charge on any atom is -0.462 e. The molecule has 0 bridgehead atoms. The van der Waals surface area contributed by atoms with Gasteiger partial charge in [-0.25, -0.2) is 0 Å². The average molecular weight is 920 g/mol. The van der Waals surface area contributed by atoms with E-state index in [-0.39, 0.29) is 31.1 Å². The molecule has 0 heterocycles. The van der Waals surface area contributed by atoms with Crippen LogP contribution in [0.25, 0.3) is 0 Å². The fourth-order valence-corrected chi connectivity index (χ4v) is 9.15. The van der Waals surface area contributed by atoms with Crippen LogP contribution < -0.4 is 0 Å². The predicted octanol–water partition coefficient (Wildman–Crippen LogP) is 19.5. The third-order valence-corrected chi connectivity index (χ3v) is 13.6. The van der Waals surface area contributed by atoms with Crippen LogP contribution >= 0.6 is 0 Å². The molecule has 0 aromatic carbocycles. The minimum absolute atomic E-state index is 0.0609. The van der Waals surface area contributed by atoms with Crippen LogP contribution in [0.1, 0.15) is 342 Å². The standard InChI is InChI=1S/C59H114O6/c1-4-7-10-13-16-19-22-25-28-29-32-34-37-40-43-46-49-52-58(61)64-55-56(65-59(62)53-50-47-44-41-38-35-31-27-24-21-18-15-12-9-6-3)54-63-57(60)51-48-45-42-39-36-33-30-26-23-20-17-14-11-8-5-2/h56H,4-55H2,1-3H3/t56-/m1/s1. The second kappa shape index (κ2) is 55.0. The van der Waals surface area contributed by atoms with Crippen LogP contribution in [0.5, 0.6) is 0 Å².